The number of ether oxygens (including phenoxy) is 3. The molecule has 0 aliphatic rings. The van der Waals surface area contributed by atoms with Crippen molar-refractivity contribution in [2.45, 2.75) is 36.4 Å². The minimum Gasteiger partial charge on any atom is -0.496 e. The van der Waals surface area contributed by atoms with Gasteiger partial charge in [0, 0.05) is 14.7 Å². The molecule has 0 aliphatic heterocycles. The average Bonchev–Trinajstić information content (AvgIpc) is 3.52. The summed E-state index contributed by atoms with van der Waals surface area (Å²) in [7, 11) is -2.64. The third-order valence-corrected chi connectivity index (χ3v) is 11.3. The number of fused-ring (bicyclic) bond motifs is 1. The highest BCUT2D eigenvalue weighted by atomic mass is 35.5. The number of nitrogens with zero attached hydrogens (tertiary/aromatic N) is 3. The largest absolute Gasteiger partial charge is 0.496 e. The molecule has 0 saturated heterocycles. The van der Waals surface area contributed by atoms with E-state index in [-0.39, 0.29) is 23.3 Å². The maximum absolute atomic E-state index is 14.0. The van der Waals surface area contributed by atoms with Crippen LogP contribution in [0, 0.1) is 0 Å². The van der Waals surface area contributed by atoms with Crippen molar-refractivity contribution in [2.75, 3.05) is 31.9 Å². The zero-order valence-corrected chi connectivity index (χ0v) is 26.4. The number of rotatable bonds is 12. The standard InChI is InChI=1S/C27H32ClN3O6S2Si/c1-35-22-11-7-10-21-25(22)26(29-30(21)17-19-8-6-9-20(16-19)27(32)36-2)31(18-37-14-15-40(3,4)5)39(33,34)24-13-12-23(28)38-24/h6-13,16H,14-15,17-18H2,1-5H3. The van der Waals surface area contributed by atoms with Crippen molar-refractivity contribution in [2.24, 2.45) is 0 Å². The molecule has 0 bridgehead atoms. The van der Waals surface area contributed by atoms with Crippen LogP contribution < -0.4 is 9.04 Å². The summed E-state index contributed by atoms with van der Waals surface area (Å²) >= 11 is 7.08. The van der Waals surface area contributed by atoms with E-state index in [1.54, 1.807) is 35.0 Å². The predicted molar refractivity (Wildman–Crippen MR) is 161 cm³/mol. The fourth-order valence-electron chi connectivity index (χ4n) is 4.05. The Balaban J connectivity index is 1.83. The molecule has 2 heterocycles. The van der Waals surface area contributed by atoms with Gasteiger partial charge in [-0.1, -0.05) is 49.4 Å². The molecule has 0 fully saturated rings. The number of hydrogen-bond donors (Lipinski definition) is 0. The van der Waals surface area contributed by atoms with E-state index in [1.807, 2.05) is 18.2 Å². The molecule has 0 radical (unpaired) electrons. The van der Waals surface area contributed by atoms with Crippen molar-refractivity contribution in [3.05, 3.63) is 70.1 Å². The molecule has 0 unspecified atom stereocenters. The summed E-state index contributed by atoms with van der Waals surface area (Å²) in [5.74, 6) is 0.194. The van der Waals surface area contributed by atoms with Crippen LogP contribution in [0.4, 0.5) is 5.82 Å². The summed E-state index contributed by atoms with van der Waals surface area (Å²) in [6.45, 7) is 7.15. The molecule has 0 atom stereocenters. The van der Waals surface area contributed by atoms with Crippen LogP contribution in [0.2, 0.25) is 30.0 Å². The van der Waals surface area contributed by atoms with E-state index in [0.717, 1.165) is 22.9 Å². The molecule has 0 amide bonds. The Morgan fingerprint density at radius 3 is 2.50 bits per heavy atom. The van der Waals surface area contributed by atoms with Crippen LogP contribution in [-0.4, -0.2) is 59.8 Å². The zero-order chi connectivity index (χ0) is 29.1. The molecule has 4 aromatic rings. The molecule has 0 aliphatic carbocycles. The van der Waals surface area contributed by atoms with Crippen LogP contribution in [0.3, 0.4) is 0 Å². The van der Waals surface area contributed by atoms with Crippen LogP contribution in [-0.2, 0) is 26.0 Å². The number of sulfonamides is 1. The monoisotopic (exact) mass is 621 g/mol. The first-order valence-corrected chi connectivity index (χ1v) is 18.9. The van der Waals surface area contributed by atoms with Crippen LogP contribution in [0.15, 0.2) is 58.8 Å². The molecular weight excluding hydrogens is 590 g/mol. The Hall–Kier alpha value is -2.90. The lowest BCUT2D eigenvalue weighted by atomic mass is 10.1. The topological polar surface area (TPSA) is 100.0 Å². The van der Waals surface area contributed by atoms with Gasteiger partial charge in [0.15, 0.2) is 5.82 Å². The number of carbonyl (C=O) groups excluding carboxylic acids is 1. The number of carbonyl (C=O) groups is 1. The minimum absolute atomic E-state index is 0.0784. The third-order valence-electron chi connectivity index (χ3n) is 6.16. The highest BCUT2D eigenvalue weighted by Gasteiger charge is 2.32. The SMILES string of the molecule is COC(=O)c1cccc(Cn2nc(N(COCC[Si](C)(C)C)S(=O)(=O)c3ccc(Cl)s3)c3c(OC)cccc32)c1. The summed E-state index contributed by atoms with van der Waals surface area (Å²) in [4.78, 5) is 12.1. The molecule has 2 aromatic heterocycles. The molecule has 40 heavy (non-hydrogen) atoms. The van der Waals surface area contributed by atoms with Crippen LogP contribution >= 0.6 is 22.9 Å². The maximum atomic E-state index is 14.0. The van der Waals surface area contributed by atoms with Gasteiger partial charge >= 0.3 is 5.97 Å². The van der Waals surface area contributed by atoms with E-state index < -0.39 is 24.1 Å². The number of anilines is 1. The van der Waals surface area contributed by atoms with Gasteiger partial charge in [-0.3, -0.25) is 4.68 Å². The second-order valence-electron chi connectivity index (χ2n) is 10.3. The van der Waals surface area contributed by atoms with Crippen molar-refractivity contribution in [1.29, 1.82) is 0 Å². The van der Waals surface area contributed by atoms with E-state index >= 15 is 0 Å². The average molecular weight is 622 g/mol. The minimum atomic E-state index is -4.09. The summed E-state index contributed by atoms with van der Waals surface area (Å²) in [6.07, 6.45) is 0. The quantitative estimate of drug-likeness (QED) is 0.0815. The molecule has 214 valence electrons. The summed E-state index contributed by atoms with van der Waals surface area (Å²) in [5.41, 5.74) is 1.85. The number of esters is 1. The number of aromatic nitrogens is 2. The lowest BCUT2D eigenvalue weighted by molar-refractivity contribution is 0.0600. The van der Waals surface area contributed by atoms with Gasteiger partial charge in [-0.05, 0) is 48.0 Å². The first kappa shape index (κ1) is 30.1. The highest BCUT2D eigenvalue weighted by molar-refractivity contribution is 7.94. The zero-order valence-electron chi connectivity index (χ0n) is 23.0. The molecule has 4 rings (SSSR count). The molecule has 2 aromatic carbocycles. The summed E-state index contributed by atoms with van der Waals surface area (Å²) in [6, 6.07) is 16.3. The van der Waals surface area contributed by atoms with Crippen LogP contribution in [0.25, 0.3) is 10.9 Å². The number of benzene rings is 2. The van der Waals surface area contributed by atoms with Crippen molar-refractivity contribution in [3.8, 4) is 5.75 Å². The van der Waals surface area contributed by atoms with Gasteiger partial charge in [-0.25, -0.2) is 17.5 Å². The smallest absolute Gasteiger partial charge is 0.337 e. The first-order valence-electron chi connectivity index (χ1n) is 12.5. The molecular formula is C27H32ClN3O6S2Si. The number of hydrogen-bond acceptors (Lipinski definition) is 8. The van der Waals surface area contributed by atoms with E-state index in [2.05, 4.69) is 19.6 Å². The van der Waals surface area contributed by atoms with Crippen molar-refractivity contribution >= 4 is 63.7 Å². The van der Waals surface area contributed by atoms with Crippen LogP contribution in [0.5, 0.6) is 5.75 Å². The Morgan fingerprint density at radius 2 is 1.85 bits per heavy atom. The molecule has 13 heteroatoms. The highest BCUT2D eigenvalue weighted by Crippen LogP contribution is 2.38. The lowest BCUT2D eigenvalue weighted by Crippen LogP contribution is -2.34. The van der Waals surface area contributed by atoms with Crippen molar-refractivity contribution in [3.63, 3.8) is 0 Å². The Morgan fingerprint density at radius 1 is 1.10 bits per heavy atom. The van der Waals surface area contributed by atoms with E-state index in [4.69, 9.17) is 30.9 Å². The van der Waals surface area contributed by atoms with Gasteiger partial charge in [0.05, 0.1) is 41.6 Å². The van der Waals surface area contributed by atoms with E-state index in [9.17, 15) is 13.2 Å². The molecule has 9 nitrogen and oxygen atoms in total. The van der Waals surface area contributed by atoms with Gasteiger partial charge in [-0.15, -0.1) is 11.3 Å². The van der Waals surface area contributed by atoms with E-state index in [0.29, 0.717) is 33.2 Å². The second kappa shape index (κ2) is 12.3. The number of thiophene rings is 1. The normalized spacial score (nSPS) is 12.1. The lowest BCUT2D eigenvalue weighted by Gasteiger charge is -2.23. The van der Waals surface area contributed by atoms with Gasteiger partial charge in [0.1, 0.15) is 16.7 Å². The molecule has 0 saturated carbocycles. The Labute approximate surface area is 244 Å². The molecule has 0 spiro atoms. The second-order valence-corrected chi connectivity index (χ2v) is 19.7. The first-order chi connectivity index (χ1) is 18.9. The fourth-order valence-corrected chi connectivity index (χ4v) is 7.70. The van der Waals surface area contributed by atoms with Crippen molar-refractivity contribution in [1.82, 2.24) is 9.78 Å². The van der Waals surface area contributed by atoms with Gasteiger partial charge in [0.2, 0.25) is 0 Å². The maximum Gasteiger partial charge on any atom is 0.337 e. The summed E-state index contributed by atoms with van der Waals surface area (Å²) < 4.78 is 47.7. The Kier molecular flexibility index (Phi) is 9.25. The summed E-state index contributed by atoms with van der Waals surface area (Å²) in [5, 5.41) is 5.30. The van der Waals surface area contributed by atoms with Crippen LogP contribution in [0.1, 0.15) is 15.9 Å². The molecule has 0 N–H and O–H groups in total. The van der Waals surface area contributed by atoms with E-state index in [1.165, 1.54) is 24.6 Å². The van der Waals surface area contributed by atoms with Crippen molar-refractivity contribution < 1.29 is 27.4 Å². The third kappa shape index (κ3) is 6.69. The van der Waals surface area contributed by atoms with Gasteiger partial charge < -0.3 is 14.2 Å². The number of halogens is 1. The number of methoxy groups -OCH3 is 2. The Bertz CT molecular complexity index is 1610. The van der Waals surface area contributed by atoms with Gasteiger partial charge in [0.25, 0.3) is 10.0 Å². The van der Waals surface area contributed by atoms with Gasteiger partial charge in [-0.2, -0.15) is 5.10 Å². The fraction of sp³-hybridized carbons (Fsp3) is 0.333. The predicted octanol–water partition coefficient (Wildman–Crippen LogP) is 6.10.